The zero-order valence-electron chi connectivity index (χ0n) is 14.7. The number of guanidine groups is 1. The molecule has 1 aliphatic rings. The Bertz CT molecular complexity index is 794. The van der Waals surface area contributed by atoms with E-state index in [0.717, 1.165) is 41.5 Å². The van der Waals surface area contributed by atoms with Gasteiger partial charge in [0.1, 0.15) is 10.8 Å². The van der Waals surface area contributed by atoms with Gasteiger partial charge in [-0.25, -0.2) is 9.37 Å². The molecule has 0 unspecified atom stereocenters. The fraction of sp³-hybridized carbons (Fsp3) is 0.444. The first-order valence-electron chi connectivity index (χ1n) is 8.55. The lowest BCUT2D eigenvalue weighted by molar-refractivity contribution is -0.140. The zero-order valence-corrected chi connectivity index (χ0v) is 15.6. The molecule has 0 radical (unpaired) electrons. The van der Waals surface area contributed by atoms with Gasteiger partial charge in [0.2, 0.25) is 0 Å². The smallest absolute Gasteiger partial charge is 0.356 e. The van der Waals surface area contributed by atoms with Crippen molar-refractivity contribution in [1.82, 2.24) is 15.6 Å². The fourth-order valence-electron chi connectivity index (χ4n) is 3.13. The molecule has 1 aromatic heterocycles. The summed E-state index contributed by atoms with van der Waals surface area (Å²) in [7, 11) is 1.60. The van der Waals surface area contributed by atoms with E-state index < -0.39 is 11.9 Å². The fourth-order valence-corrected chi connectivity index (χ4v) is 3.87. The first kappa shape index (κ1) is 19.6. The maximum absolute atomic E-state index is 13.2. The second-order valence-electron chi connectivity index (χ2n) is 6.54. The van der Waals surface area contributed by atoms with Crippen LogP contribution >= 0.6 is 11.3 Å². The summed E-state index contributed by atoms with van der Waals surface area (Å²) in [5, 5.41) is 7.56. The molecule has 3 rings (SSSR count). The summed E-state index contributed by atoms with van der Waals surface area (Å²) in [6, 6.07) is 6.54. The van der Waals surface area contributed by atoms with Gasteiger partial charge in [0.25, 0.3) is 0 Å². The van der Waals surface area contributed by atoms with Crippen LogP contribution in [0.2, 0.25) is 0 Å². The second-order valence-corrected chi connectivity index (χ2v) is 7.49. The summed E-state index contributed by atoms with van der Waals surface area (Å²) in [5.74, 6) is 0.229. The molecule has 27 heavy (non-hydrogen) atoms. The molecule has 4 nitrogen and oxygen atoms in total. The van der Waals surface area contributed by atoms with Crippen molar-refractivity contribution in [3.05, 3.63) is 51.7 Å². The van der Waals surface area contributed by atoms with E-state index in [0.29, 0.717) is 17.5 Å². The molecule has 1 aliphatic carbocycles. The van der Waals surface area contributed by atoms with Crippen molar-refractivity contribution in [2.24, 2.45) is 4.99 Å². The van der Waals surface area contributed by atoms with Crippen LogP contribution in [-0.2, 0) is 18.1 Å². The normalized spacial score (nSPS) is 16.7. The monoisotopic (exact) mass is 400 g/mol. The topological polar surface area (TPSA) is 49.3 Å². The number of benzene rings is 1. The van der Waals surface area contributed by atoms with E-state index >= 15 is 0 Å². The van der Waals surface area contributed by atoms with Crippen LogP contribution in [0, 0.1) is 5.82 Å². The number of hydrogen-bond donors (Lipinski definition) is 2. The van der Waals surface area contributed by atoms with E-state index in [1.807, 2.05) is 0 Å². The van der Waals surface area contributed by atoms with E-state index in [1.165, 1.54) is 12.1 Å². The summed E-state index contributed by atoms with van der Waals surface area (Å²) in [6.45, 7) is 0.772. The molecule has 2 aromatic rings. The van der Waals surface area contributed by atoms with Gasteiger partial charge in [0.15, 0.2) is 11.7 Å². The van der Waals surface area contributed by atoms with Gasteiger partial charge in [-0.3, -0.25) is 4.99 Å². The largest absolute Gasteiger partial charge is 0.434 e. The number of aromatic nitrogens is 1. The molecule has 0 amide bonds. The Labute approximate surface area is 158 Å². The standard InChI is InChI=1S/C18H20F4N4S/c1-23-16(24-9-15-26-14(10-27-15)18(20,21)22)25-11-17(7-2-8-17)12-3-5-13(19)6-4-12/h3-6,10H,2,7-9,11H2,1H3,(H2,23,24,25). The summed E-state index contributed by atoms with van der Waals surface area (Å²) in [5.41, 5.74) is 0.125. The Morgan fingerprint density at radius 2 is 1.93 bits per heavy atom. The summed E-state index contributed by atoms with van der Waals surface area (Å²) in [4.78, 5) is 7.71. The zero-order chi connectivity index (χ0) is 19.5. The minimum atomic E-state index is -4.43. The van der Waals surface area contributed by atoms with Crippen LogP contribution < -0.4 is 10.6 Å². The van der Waals surface area contributed by atoms with Crippen LogP contribution in [0.5, 0.6) is 0 Å². The third-order valence-electron chi connectivity index (χ3n) is 4.83. The molecule has 9 heteroatoms. The number of hydrogen-bond acceptors (Lipinski definition) is 3. The van der Waals surface area contributed by atoms with Crippen molar-refractivity contribution in [3.8, 4) is 0 Å². The molecular weight excluding hydrogens is 380 g/mol. The number of nitrogens with zero attached hydrogens (tertiary/aromatic N) is 2. The van der Waals surface area contributed by atoms with Crippen LogP contribution in [0.1, 0.15) is 35.5 Å². The van der Waals surface area contributed by atoms with Gasteiger partial charge < -0.3 is 10.6 Å². The van der Waals surface area contributed by atoms with Crippen molar-refractivity contribution < 1.29 is 17.6 Å². The lowest BCUT2D eigenvalue weighted by Gasteiger charge is -2.43. The highest BCUT2D eigenvalue weighted by Gasteiger charge is 2.38. The molecule has 1 saturated carbocycles. The van der Waals surface area contributed by atoms with Crippen LogP contribution in [-0.4, -0.2) is 24.5 Å². The molecule has 0 atom stereocenters. The number of rotatable bonds is 5. The number of halogens is 4. The minimum Gasteiger partial charge on any atom is -0.356 e. The maximum atomic E-state index is 13.2. The van der Waals surface area contributed by atoms with Gasteiger partial charge in [-0.15, -0.1) is 11.3 Å². The quantitative estimate of drug-likeness (QED) is 0.452. The third-order valence-corrected chi connectivity index (χ3v) is 5.68. The Balaban J connectivity index is 1.57. The Hall–Kier alpha value is -2.16. The number of thiazole rings is 1. The molecule has 146 valence electrons. The lowest BCUT2D eigenvalue weighted by atomic mass is 9.64. The van der Waals surface area contributed by atoms with Gasteiger partial charge in [-0.2, -0.15) is 13.2 Å². The molecule has 0 aliphatic heterocycles. The van der Waals surface area contributed by atoms with E-state index in [2.05, 4.69) is 20.6 Å². The highest BCUT2D eigenvalue weighted by Crippen LogP contribution is 2.43. The average Bonchev–Trinajstić information content (AvgIpc) is 3.07. The summed E-state index contributed by atoms with van der Waals surface area (Å²) < 4.78 is 51.0. The second kappa shape index (κ2) is 7.84. The first-order chi connectivity index (χ1) is 12.8. The number of nitrogens with one attached hydrogen (secondary N) is 2. The van der Waals surface area contributed by atoms with E-state index in [1.54, 1.807) is 19.2 Å². The predicted molar refractivity (Wildman–Crippen MR) is 97.2 cm³/mol. The molecule has 1 heterocycles. The number of aliphatic imine (C=N–C) groups is 1. The molecular formula is C18H20F4N4S. The van der Waals surface area contributed by atoms with Crippen molar-refractivity contribution in [3.63, 3.8) is 0 Å². The van der Waals surface area contributed by atoms with Crippen LogP contribution in [0.25, 0.3) is 0 Å². The summed E-state index contributed by atoms with van der Waals surface area (Å²) >= 11 is 0.955. The Morgan fingerprint density at radius 3 is 2.44 bits per heavy atom. The van der Waals surface area contributed by atoms with Gasteiger partial charge in [-0.05, 0) is 30.5 Å². The highest BCUT2D eigenvalue weighted by molar-refractivity contribution is 7.09. The van der Waals surface area contributed by atoms with Crippen LogP contribution in [0.3, 0.4) is 0 Å². The van der Waals surface area contributed by atoms with E-state index in [4.69, 9.17) is 0 Å². The lowest BCUT2D eigenvalue weighted by Crippen LogP contribution is -2.48. The average molecular weight is 400 g/mol. The van der Waals surface area contributed by atoms with Gasteiger partial charge in [0.05, 0.1) is 6.54 Å². The summed E-state index contributed by atoms with van der Waals surface area (Å²) in [6.07, 6.45) is -1.35. The molecule has 0 spiro atoms. The minimum absolute atomic E-state index is 0.0735. The van der Waals surface area contributed by atoms with Gasteiger partial charge in [-0.1, -0.05) is 18.6 Å². The third kappa shape index (κ3) is 4.58. The predicted octanol–water partition coefficient (Wildman–Crippen LogP) is 4.09. The van der Waals surface area contributed by atoms with Crippen LogP contribution in [0.4, 0.5) is 17.6 Å². The molecule has 0 bridgehead atoms. The van der Waals surface area contributed by atoms with Gasteiger partial charge in [0, 0.05) is 24.4 Å². The van der Waals surface area contributed by atoms with E-state index in [-0.39, 0.29) is 17.8 Å². The van der Waals surface area contributed by atoms with Crippen molar-refractivity contribution in [2.75, 3.05) is 13.6 Å². The van der Waals surface area contributed by atoms with Crippen molar-refractivity contribution in [2.45, 2.75) is 37.4 Å². The highest BCUT2D eigenvalue weighted by atomic mass is 32.1. The van der Waals surface area contributed by atoms with Crippen molar-refractivity contribution >= 4 is 17.3 Å². The molecule has 2 N–H and O–H groups in total. The molecule has 0 saturated heterocycles. The van der Waals surface area contributed by atoms with E-state index in [9.17, 15) is 17.6 Å². The maximum Gasteiger partial charge on any atom is 0.434 e. The number of alkyl halides is 3. The van der Waals surface area contributed by atoms with Gasteiger partial charge >= 0.3 is 6.18 Å². The van der Waals surface area contributed by atoms with Crippen molar-refractivity contribution in [1.29, 1.82) is 0 Å². The molecule has 1 aromatic carbocycles. The Kier molecular flexibility index (Phi) is 5.69. The SMILES string of the molecule is CN=C(NCc1nc(C(F)(F)F)cs1)NCC1(c2ccc(F)cc2)CCC1. The molecule has 1 fully saturated rings. The first-order valence-corrected chi connectivity index (χ1v) is 9.42. The van der Waals surface area contributed by atoms with Crippen LogP contribution in [0.15, 0.2) is 34.6 Å². The Morgan fingerprint density at radius 1 is 1.22 bits per heavy atom.